The first-order valence-electron chi connectivity index (χ1n) is 7.53. The van der Waals surface area contributed by atoms with E-state index in [1.54, 1.807) is 24.3 Å². The Hall–Kier alpha value is -3.03. The summed E-state index contributed by atoms with van der Waals surface area (Å²) in [4.78, 5) is 11.7. The number of amides is 1. The summed E-state index contributed by atoms with van der Waals surface area (Å²) in [6, 6.07) is 10.1. The number of hydroxylamine groups is 1. The minimum absolute atomic E-state index is 0.0233. The molecule has 0 aromatic heterocycles. The molecule has 0 spiro atoms. The van der Waals surface area contributed by atoms with Crippen LogP contribution in [-0.2, 0) is 10.4 Å². The van der Waals surface area contributed by atoms with Crippen LogP contribution in [0.1, 0.15) is 23.1 Å². The number of aliphatic hydroxyl groups is 1. The van der Waals surface area contributed by atoms with Gasteiger partial charge in [0.25, 0.3) is 0 Å². The molecule has 1 heterocycles. The second-order valence-corrected chi connectivity index (χ2v) is 5.86. The Balaban J connectivity index is 2.21. The molecule has 7 nitrogen and oxygen atoms in total. The summed E-state index contributed by atoms with van der Waals surface area (Å²) >= 11 is 0. The summed E-state index contributed by atoms with van der Waals surface area (Å²) in [5, 5.41) is 40.2. The maximum Gasteiger partial charge on any atom is 0.246 e. The van der Waals surface area contributed by atoms with Crippen LogP contribution >= 0.6 is 0 Å². The summed E-state index contributed by atoms with van der Waals surface area (Å²) in [5.74, 6) is -1.16. The van der Waals surface area contributed by atoms with Crippen LogP contribution in [0, 0.1) is 6.92 Å². The van der Waals surface area contributed by atoms with E-state index in [0.29, 0.717) is 5.56 Å². The maximum atomic E-state index is 11.7. The number of carbonyl (C=O) groups is 1. The van der Waals surface area contributed by atoms with Gasteiger partial charge in [-0.2, -0.15) is 0 Å². The molecule has 0 radical (unpaired) electrons. The number of hydrogen-bond acceptors (Lipinski definition) is 6. The Bertz CT molecular complexity index is 862. The first-order valence-corrected chi connectivity index (χ1v) is 7.53. The van der Waals surface area contributed by atoms with E-state index < -0.39 is 17.9 Å². The predicted molar refractivity (Wildman–Crippen MR) is 88.0 cm³/mol. The van der Waals surface area contributed by atoms with Crippen molar-refractivity contribution in [2.24, 2.45) is 0 Å². The molecule has 25 heavy (non-hydrogen) atoms. The van der Waals surface area contributed by atoms with Gasteiger partial charge in [0.2, 0.25) is 5.91 Å². The quantitative estimate of drug-likeness (QED) is 0.429. The molecule has 0 fully saturated rings. The van der Waals surface area contributed by atoms with E-state index in [1.807, 2.05) is 6.07 Å². The highest BCUT2D eigenvalue weighted by Gasteiger charge is 2.41. The van der Waals surface area contributed by atoms with Gasteiger partial charge in [0.05, 0.1) is 12.0 Å². The molecule has 7 heteroatoms. The molecule has 0 saturated carbocycles. The van der Waals surface area contributed by atoms with Crippen molar-refractivity contribution in [2.75, 3.05) is 0 Å². The van der Waals surface area contributed by atoms with Crippen molar-refractivity contribution in [2.45, 2.75) is 18.9 Å². The summed E-state index contributed by atoms with van der Waals surface area (Å²) in [7, 11) is 0. The van der Waals surface area contributed by atoms with Gasteiger partial charge in [0.15, 0.2) is 0 Å². The molecule has 1 aliphatic rings. The van der Waals surface area contributed by atoms with E-state index in [4.69, 9.17) is 9.94 Å². The first-order chi connectivity index (χ1) is 11.9. The molecule has 2 aromatic carbocycles. The number of phenolic OH excluding ortho intramolecular Hbond substituents is 2. The number of hydrogen-bond donors (Lipinski definition) is 5. The summed E-state index contributed by atoms with van der Waals surface area (Å²) in [6.45, 7) is 1.47. The SMILES string of the molecule is Cc1c(O)cc2c(c1O)C(O)(CC(=O)NO)C=C(c1ccccc1)O2. The van der Waals surface area contributed by atoms with Crippen LogP contribution in [0.15, 0.2) is 42.5 Å². The fraction of sp³-hybridized carbons (Fsp3) is 0.167. The molecule has 0 saturated heterocycles. The molecule has 1 unspecified atom stereocenters. The Labute approximate surface area is 143 Å². The van der Waals surface area contributed by atoms with Crippen LogP contribution < -0.4 is 10.2 Å². The van der Waals surface area contributed by atoms with Gasteiger partial charge in [0, 0.05) is 17.2 Å². The highest BCUT2D eigenvalue weighted by Crippen LogP contribution is 2.49. The van der Waals surface area contributed by atoms with Crippen molar-refractivity contribution >= 4 is 11.7 Å². The van der Waals surface area contributed by atoms with Gasteiger partial charge in [-0.15, -0.1) is 0 Å². The minimum atomic E-state index is -1.94. The van der Waals surface area contributed by atoms with Crippen LogP contribution in [-0.4, -0.2) is 26.4 Å². The lowest BCUT2D eigenvalue weighted by Gasteiger charge is -2.33. The lowest BCUT2D eigenvalue weighted by atomic mass is 9.84. The lowest BCUT2D eigenvalue weighted by molar-refractivity contribution is -0.133. The summed E-state index contributed by atoms with van der Waals surface area (Å²) in [6.07, 6.45) is 0.754. The number of nitrogens with one attached hydrogen (secondary N) is 1. The number of fused-ring (bicyclic) bond motifs is 1. The van der Waals surface area contributed by atoms with Crippen LogP contribution in [0.5, 0.6) is 17.2 Å². The van der Waals surface area contributed by atoms with Gasteiger partial charge in [-0.25, -0.2) is 5.48 Å². The molecule has 2 aromatic rings. The molecule has 1 aliphatic heterocycles. The van der Waals surface area contributed by atoms with Crippen molar-refractivity contribution in [3.63, 3.8) is 0 Å². The zero-order valence-corrected chi connectivity index (χ0v) is 13.4. The van der Waals surface area contributed by atoms with Crippen molar-refractivity contribution in [3.8, 4) is 17.2 Å². The molecule has 3 rings (SSSR count). The normalized spacial score (nSPS) is 18.8. The third-order valence-corrected chi connectivity index (χ3v) is 4.13. The predicted octanol–water partition coefficient (Wildman–Crippen LogP) is 1.92. The molecular formula is C18H17NO6. The zero-order valence-electron chi connectivity index (χ0n) is 13.4. The molecular weight excluding hydrogens is 326 g/mol. The first kappa shape index (κ1) is 16.8. The zero-order chi connectivity index (χ0) is 18.2. The van der Waals surface area contributed by atoms with E-state index >= 15 is 0 Å². The molecule has 0 bridgehead atoms. The highest BCUT2D eigenvalue weighted by molar-refractivity contribution is 5.80. The lowest BCUT2D eigenvalue weighted by Crippen LogP contribution is -2.35. The Morgan fingerprint density at radius 3 is 2.56 bits per heavy atom. The van der Waals surface area contributed by atoms with Gasteiger partial charge in [0.1, 0.15) is 28.6 Å². The van der Waals surface area contributed by atoms with Crippen LogP contribution in [0.4, 0.5) is 0 Å². The maximum absolute atomic E-state index is 11.7. The Morgan fingerprint density at radius 1 is 1.24 bits per heavy atom. The van der Waals surface area contributed by atoms with E-state index in [1.165, 1.54) is 24.5 Å². The van der Waals surface area contributed by atoms with Crippen molar-refractivity contribution in [1.29, 1.82) is 0 Å². The van der Waals surface area contributed by atoms with Gasteiger partial charge in [-0.1, -0.05) is 30.3 Å². The number of aromatic hydroxyl groups is 2. The molecule has 130 valence electrons. The number of carbonyl (C=O) groups excluding carboxylic acids is 1. The van der Waals surface area contributed by atoms with E-state index in [-0.39, 0.29) is 34.1 Å². The fourth-order valence-corrected chi connectivity index (χ4v) is 2.83. The van der Waals surface area contributed by atoms with Crippen LogP contribution in [0.3, 0.4) is 0 Å². The number of ether oxygens (including phenoxy) is 1. The van der Waals surface area contributed by atoms with E-state index in [0.717, 1.165) is 0 Å². The molecule has 1 atom stereocenters. The second kappa shape index (κ2) is 6.12. The summed E-state index contributed by atoms with van der Waals surface area (Å²) in [5.41, 5.74) is 0.257. The second-order valence-electron chi connectivity index (χ2n) is 5.86. The van der Waals surface area contributed by atoms with Gasteiger partial charge in [-0.3, -0.25) is 10.0 Å². The molecule has 1 amide bonds. The molecule has 5 N–H and O–H groups in total. The van der Waals surface area contributed by atoms with Crippen molar-refractivity contribution in [3.05, 3.63) is 59.2 Å². The third kappa shape index (κ3) is 2.90. The average molecular weight is 343 g/mol. The largest absolute Gasteiger partial charge is 0.507 e. The monoisotopic (exact) mass is 343 g/mol. The van der Waals surface area contributed by atoms with E-state index in [2.05, 4.69) is 0 Å². The topological polar surface area (TPSA) is 119 Å². The number of benzene rings is 2. The third-order valence-electron chi connectivity index (χ3n) is 4.13. The van der Waals surface area contributed by atoms with Gasteiger partial charge < -0.3 is 20.1 Å². The highest BCUT2D eigenvalue weighted by atomic mass is 16.5. The Morgan fingerprint density at radius 2 is 1.92 bits per heavy atom. The molecule has 0 aliphatic carbocycles. The van der Waals surface area contributed by atoms with Gasteiger partial charge in [-0.05, 0) is 13.0 Å². The minimum Gasteiger partial charge on any atom is -0.507 e. The van der Waals surface area contributed by atoms with Crippen molar-refractivity contribution in [1.82, 2.24) is 5.48 Å². The van der Waals surface area contributed by atoms with Crippen molar-refractivity contribution < 1.29 is 30.1 Å². The average Bonchev–Trinajstić information content (AvgIpc) is 2.59. The van der Waals surface area contributed by atoms with Crippen LogP contribution in [0.2, 0.25) is 0 Å². The van der Waals surface area contributed by atoms with Gasteiger partial charge >= 0.3 is 0 Å². The number of phenols is 2. The number of rotatable bonds is 3. The standard InChI is InChI=1S/C18H17NO6/c1-10-12(20)7-13-16(17(10)22)18(23,9-15(21)19-24)8-14(25-13)11-5-3-2-4-6-11/h2-8,20,22-24H,9H2,1H3,(H,19,21). The summed E-state index contributed by atoms with van der Waals surface area (Å²) < 4.78 is 5.73. The smallest absolute Gasteiger partial charge is 0.246 e. The Kier molecular flexibility index (Phi) is 4.12. The van der Waals surface area contributed by atoms with E-state index in [9.17, 15) is 20.1 Å². The van der Waals surface area contributed by atoms with Crippen LogP contribution in [0.25, 0.3) is 5.76 Å². The fourth-order valence-electron chi connectivity index (χ4n) is 2.83.